The Balaban J connectivity index is 1.59. The van der Waals surface area contributed by atoms with Gasteiger partial charge in [-0.3, -0.25) is 0 Å². The Morgan fingerprint density at radius 1 is 1.32 bits per heavy atom. The van der Waals surface area contributed by atoms with Crippen molar-refractivity contribution in [2.45, 2.75) is 38.6 Å². The number of fused-ring (bicyclic) bond motifs is 2. The molecule has 4 heteroatoms. The molecule has 2 N–H and O–H groups in total. The molecule has 102 valence electrons. The topological polar surface area (TPSA) is 24.1 Å². The number of nitrogens with one attached hydrogen (secondary N) is 2. The third-order valence-corrected chi connectivity index (χ3v) is 5.20. The highest BCUT2D eigenvalue weighted by Gasteiger charge is 2.39. The zero-order chi connectivity index (χ0) is 13.4. The molecule has 0 saturated heterocycles. The highest BCUT2D eigenvalue weighted by Crippen LogP contribution is 2.44. The van der Waals surface area contributed by atoms with Crippen molar-refractivity contribution in [1.29, 1.82) is 0 Å². The summed E-state index contributed by atoms with van der Waals surface area (Å²) in [6.07, 6.45) is 5.50. The van der Waals surface area contributed by atoms with E-state index in [0.29, 0.717) is 6.04 Å². The normalized spacial score (nSPS) is 28.4. The number of halogens is 1. The summed E-state index contributed by atoms with van der Waals surface area (Å²) in [6, 6.07) is 6.79. The number of aryl methyl sites for hydroxylation is 1. The SMILES string of the molecule is Cc1cc(Br)ccc1NC(=S)NC1CC2CCC1C2. The van der Waals surface area contributed by atoms with Crippen LogP contribution in [0.2, 0.25) is 0 Å². The first-order valence-electron chi connectivity index (χ1n) is 6.95. The van der Waals surface area contributed by atoms with Crippen LogP contribution in [0.25, 0.3) is 0 Å². The Kier molecular flexibility index (Phi) is 3.81. The maximum Gasteiger partial charge on any atom is 0.171 e. The van der Waals surface area contributed by atoms with E-state index in [1.807, 2.05) is 6.07 Å². The van der Waals surface area contributed by atoms with Crippen molar-refractivity contribution in [3.63, 3.8) is 0 Å². The molecule has 1 aromatic rings. The van der Waals surface area contributed by atoms with Crippen LogP contribution in [0.5, 0.6) is 0 Å². The molecule has 3 unspecified atom stereocenters. The molecule has 0 amide bonds. The second kappa shape index (κ2) is 5.41. The minimum atomic E-state index is 0.592. The van der Waals surface area contributed by atoms with Crippen molar-refractivity contribution in [1.82, 2.24) is 5.32 Å². The first-order valence-corrected chi connectivity index (χ1v) is 8.15. The minimum Gasteiger partial charge on any atom is -0.359 e. The van der Waals surface area contributed by atoms with E-state index >= 15 is 0 Å². The van der Waals surface area contributed by atoms with Gasteiger partial charge < -0.3 is 10.6 Å². The van der Waals surface area contributed by atoms with Crippen LogP contribution >= 0.6 is 28.1 Å². The number of benzene rings is 1. The van der Waals surface area contributed by atoms with Crippen LogP contribution in [-0.4, -0.2) is 11.2 Å². The van der Waals surface area contributed by atoms with Crippen molar-refractivity contribution in [3.8, 4) is 0 Å². The van der Waals surface area contributed by atoms with Crippen LogP contribution in [0, 0.1) is 18.8 Å². The Morgan fingerprint density at radius 2 is 2.16 bits per heavy atom. The molecule has 0 heterocycles. The number of thiocarbonyl (C=S) groups is 1. The maximum absolute atomic E-state index is 5.45. The lowest BCUT2D eigenvalue weighted by molar-refractivity contribution is 0.392. The van der Waals surface area contributed by atoms with Crippen LogP contribution in [0.4, 0.5) is 5.69 Å². The predicted molar refractivity (Wildman–Crippen MR) is 87.5 cm³/mol. The van der Waals surface area contributed by atoms with Crippen LogP contribution < -0.4 is 10.6 Å². The lowest BCUT2D eigenvalue weighted by atomic mass is 9.95. The molecule has 0 radical (unpaired) electrons. The van der Waals surface area contributed by atoms with Crippen molar-refractivity contribution in [3.05, 3.63) is 28.2 Å². The molecule has 3 rings (SSSR count). The van der Waals surface area contributed by atoms with Crippen LogP contribution in [0.15, 0.2) is 22.7 Å². The Bertz CT molecular complexity index is 503. The van der Waals surface area contributed by atoms with Crippen molar-refractivity contribution >= 4 is 38.9 Å². The van der Waals surface area contributed by atoms with Gasteiger partial charge in [0.2, 0.25) is 0 Å². The van der Waals surface area contributed by atoms with Gasteiger partial charge in [0.25, 0.3) is 0 Å². The van der Waals surface area contributed by atoms with Crippen molar-refractivity contribution in [2.24, 2.45) is 11.8 Å². The van der Waals surface area contributed by atoms with Crippen LogP contribution in [-0.2, 0) is 0 Å². The van der Waals surface area contributed by atoms with Gasteiger partial charge in [-0.1, -0.05) is 22.4 Å². The van der Waals surface area contributed by atoms with E-state index in [1.165, 1.54) is 31.2 Å². The van der Waals surface area contributed by atoms with Gasteiger partial charge in [0, 0.05) is 16.2 Å². The molecular weight excluding hydrogens is 320 g/mol. The summed E-state index contributed by atoms with van der Waals surface area (Å²) in [5, 5.41) is 7.60. The summed E-state index contributed by atoms with van der Waals surface area (Å²) in [4.78, 5) is 0. The molecule has 0 spiro atoms. The summed E-state index contributed by atoms with van der Waals surface area (Å²) in [7, 11) is 0. The third kappa shape index (κ3) is 2.95. The molecule has 0 aliphatic heterocycles. The second-order valence-corrected chi connectivity index (χ2v) is 7.16. The molecule has 2 aliphatic rings. The highest BCUT2D eigenvalue weighted by atomic mass is 79.9. The monoisotopic (exact) mass is 338 g/mol. The molecule has 2 fully saturated rings. The fourth-order valence-electron chi connectivity index (χ4n) is 3.52. The number of hydrogen-bond acceptors (Lipinski definition) is 1. The molecule has 19 heavy (non-hydrogen) atoms. The van der Waals surface area contributed by atoms with Crippen molar-refractivity contribution < 1.29 is 0 Å². The first kappa shape index (κ1) is 13.4. The summed E-state index contributed by atoms with van der Waals surface area (Å²) in [6.45, 7) is 2.09. The van der Waals surface area contributed by atoms with Gasteiger partial charge in [0.15, 0.2) is 5.11 Å². The zero-order valence-electron chi connectivity index (χ0n) is 11.1. The molecule has 0 aromatic heterocycles. The van der Waals surface area contributed by atoms with E-state index in [2.05, 4.69) is 45.6 Å². The zero-order valence-corrected chi connectivity index (χ0v) is 13.5. The van der Waals surface area contributed by atoms with E-state index in [9.17, 15) is 0 Å². The molecule has 1 aromatic carbocycles. The van der Waals surface area contributed by atoms with Crippen LogP contribution in [0.3, 0.4) is 0 Å². The molecule has 3 atom stereocenters. The second-order valence-electron chi connectivity index (χ2n) is 5.84. The van der Waals surface area contributed by atoms with E-state index < -0.39 is 0 Å². The van der Waals surface area contributed by atoms with Gasteiger partial charge in [0.05, 0.1) is 0 Å². The van der Waals surface area contributed by atoms with Gasteiger partial charge in [0.1, 0.15) is 0 Å². The van der Waals surface area contributed by atoms with E-state index in [1.54, 1.807) is 0 Å². The largest absolute Gasteiger partial charge is 0.359 e. The van der Waals surface area contributed by atoms with Gasteiger partial charge in [-0.05, 0) is 74.0 Å². The summed E-state index contributed by atoms with van der Waals surface area (Å²) in [5.74, 6) is 1.79. The fourth-order valence-corrected chi connectivity index (χ4v) is 4.25. The van der Waals surface area contributed by atoms with Gasteiger partial charge in [-0.2, -0.15) is 0 Å². The average molecular weight is 339 g/mol. The number of rotatable bonds is 2. The average Bonchev–Trinajstić information content (AvgIpc) is 2.95. The Labute approximate surface area is 128 Å². The van der Waals surface area contributed by atoms with E-state index in [0.717, 1.165) is 27.1 Å². The fraction of sp³-hybridized carbons (Fsp3) is 0.533. The molecule has 2 aliphatic carbocycles. The van der Waals surface area contributed by atoms with Gasteiger partial charge in [-0.25, -0.2) is 0 Å². The smallest absolute Gasteiger partial charge is 0.171 e. The lowest BCUT2D eigenvalue weighted by Crippen LogP contribution is -2.40. The van der Waals surface area contributed by atoms with E-state index in [4.69, 9.17) is 12.2 Å². The number of hydrogen-bond donors (Lipinski definition) is 2. The van der Waals surface area contributed by atoms with E-state index in [-0.39, 0.29) is 0 Å². The Hall–Kier alpha value is -0.610. The standard InChI is InChI=1S/C15H19BrN2S/c1-9-6-12(16)4-5-13(9)17-15(19)18-14-8-10-2-3-11(14)7-10/h4-6,10-11,14H,2-3,7-8H2,1H3,(H2,17,18,19). The van der Waals surface area contributed by atoms with Gasteiger partial charge in [-0.15, -0.1) is 0 Å². The minimum absolute atomic E-state index is 0.592. The predicted octanol–water partition coefficient (Wildman–Crippen LogP) is 4.23. The first-order chi connectivity index (χ1) is 9.11. The molecule has 2 nitrogen and oxygen atoms in total. The molecule has 2 saturated carbocycles. The number of anilines is 1. The Morgan fingerprint density at radius 3 is 2.79 bits per heavy atom. The van der Waals surface area contributed by atoms with Crippen LogP contribution in [0.1, 0.15) is 31.2 Å². The van der Waals surface area contributed by atoms with Gasteiger partial charge >= 0.3 is 0 Å². The quantitative estimate of drug-likeness (QED) is 0.789. The molecular formula is C15H19BrN2S. The summed E-state index contributed by atoms with van der Waals surface area (Å²) >= 11 is 8.93. The third-order valence-electron chi connectivity index (χ3n) is 4.49. The maximum atomic E-state index is 5.45. The summed E-state index contributed by atoms with van der Waals surface area (Å²) in [5.41, 5.74) is 2.29. The highest BCUT2D eigenvalue weighted by molar-refractivity contribution is 9.10. The lowest BCUT2D eigenvalue weighted by Gasteiger charge is -2.24. The van der Waals surface area contributed by atoms with Crippen molar-refractivity contribution in [2.75, 3.05) is 5.32 Å². The summed E-state index contributed by atoms with van der Waals surface area (Å²) < 4.78 is 1.10. The molecule has 2 bridgehead atoms.